The van der Waals surface area contributed by atoms with Crippen molar-refractivity contribution < 1.29 is 9.47 Å². The molecule has 0 spiro atoms. The molecular weight excluding hydrogens is 266 g/mol. The lowest BCUT2D eigenvalue weighted by atomic mass is 9.85. The van der Waals surface area contributed by atoms with Crippen molar-refractivity contribution in [3.05, 3.63) is 6.33 Å². The van der Waals surface area contributed by atoms with Gasteiger partial charge in [-0.25, -0.2) is 4.98 Å². The zero-order valence-corrected chi connectivity index (χ0v) is 13.4. The van der Waals surface area contributed by atoms with Crippen molar-refractivity contribution in [3.63, 3.8) is 0 Å². The topological polar surface area (TPSA) is 56.3 Å². The predicted octanol–water partition coefficient (Wildman–Crippen LogP) is 3.65. The van der Waals surface area contributed by atoms with Crippen LogP contribution < -0.4 is 14.8 Å². The Kier molecular flexibility index (Phi) is 6.08. The Labute approximate surface area is 127 Å². The first-order chi connectivity index (χ1) is 10.3. The van der Waals surface area contributed by atoms with Crippen LogP contribution in [0.5, 0.6) is 11.6 Å². The van der Waals surface area contributed by atoms with Gasteiger partial charge in [-0.1, -0.05) is 26.7 Å². The summed E-state index contributed by atoms with van der Waals surface area (Å²) in [6.45, 7) is 5.23. The molecule has 1 saturated carbocycles. The van der Waals surface area contributed by atoms with Crippen LogP contribution in [0.15, 0.2) is 6.33 Å². The Morgan fingerprint density at radius 2 is 2.14 bits per heavy atom. The van der Waals surface area contributed by atoms with Gasteiger partial charge in [0, 0.05) is 6.54 Å². The number of methoxy groups -OCH3 is 1. The summed E-state index contributed by atoms with van der Waals surface area (Å²) in [6.07, 6.45) is 8.80. The number of anilines is 1. The largest absolute Gasteiger partial charge is 0.489 e. The Morgan fingerprint density at radius 3 is 2.86 bits per heavy atom. The minimum atomic E-state index is 0.242. The summed E-state index contributed by atoms with van der Waals surface area (Å²) in [6, 6.07) is 0. The van der Waals surface area contributed by atoms with Gasteiger partial charge in [-0.2, -0.15) is 4.98 Å². The molecule has 5 nitrogen and oxygen atoms in total. The fraction of sp³-hybridized carbons (Fsp3) is 0.750. The summed E-state index contributed by atoms with van der Waals surface area (Å²) in [5, 5.41) is 3.26. The molecule has 0 radical (unpaired) electrons. The van der Waals surface area contributed by atoms with Gasteiger partial charge in [0.2, 0.25) is 5.75 Å². The summed E-state index contributed by atoms with van der Waals surface area (Å²) in [4.78, 5) is 8.51. The Balaban J connectivity index is 2.08. The highest BCUT2D eigenvalue weighted by atomic mass is 16.5. The molecule has 1 fully saturated rings. The SMILES string of the molecule is CCCNc1ncnc(OC2CCCC(CC)C2)c1OC. The lowest BCUT2D eigenvalue weighted by Crippen LogP contribution is -2.25. The lowest BCUT2D eigenvalue weighted by Gasteiger charge is -2.29. The van der Waals surface area contributed by atoms with Crippen LogP contribution in [-0.4, -0.2) is 29.7 Å². The highest BCUT2D eigenvalue weighted by molar-refractivity contribution is 5.55. The molecule has 1 aliphatic rings. The maximum absolute atomic E-state index is 6.11. The molecule has 21 heavy (non-hydrogen) atoms. The number of hydrogen-bond donors (Lipinski definition) is 1. The monoisotopic (exact) mass is 293 g/mol. The van der Waals surface area contributed by atoms with Crippen LogP contribution in [0.2, 0.25) is 0 Å². The van der Waals surface area contributed by atoms with Crippen LogP contribution in [0.4, 0.5) is 5.82 Å². The molecule has 5 heteroatoms. The van der Waals surface area contributed by atoms with Crippen LogP contribution in [0.25, 0.3) is 0 Å². The highest BCUT2D eigenvalue weighted by Gasteiger charge is 2.24. The first-order valence-electron chi connectivity index (χ1n) is 8.07. The summed E-state index contributed by atoms with van der Waals surface area (Å²) in [5.41, 5.74) is 0. The van der Waals surface area contributed by atoms with Gasteiger partial charge in [0.15, 0.2) is 5.82 Å². The van der Waals surface area contributed by atoms with E-state index in [0.29, 0.717) is 17.4 Å². The van der Waals surface area contributed by atoms with E-state index in [1.807, 2.05) is 0 Å². The molecule has 1 N–H and O–H groups in total. The Hall–Kier alpha value is -1.52. The fourth-order valence-electron chi connectivity index (χ4n) is 2.87. The van der Waals surface area contributed by atoms with E-state index >= 15 is 0 Å². The predicted molar refractivity (Wildman–Crippen MR) is 84.0 cm³/mol. The van der Waals surface area contributed by atoms with Crippen LogP contribution in [0, 0.1) is 5.92 Å². The zero-order chi connectivity index (χ0) is 15.1. The van der Waals surface area contributed by atoms with Crippen LogP contribution in [0.3, 0.4) is 0 Å². The van der Waals surface area contributed by atoms with E-state index < -0.39 is 0 Å². The minimum Gasteiger partial charge on any atom is -0.489 e. The smallest absolute Gasteiger partial charge is 0.262 e. The molecule has 118 valence electrons. The minimum absolute atomic E-state index is 0.242. The molecule has 0 amide bonds. The molecular formula is C16H27N3O2. The van der Waals surface area contributed by atoms with Crippen molar-refractivity contribution in [2.45, 2.75) is 58.5 Å². The summed E-state index contributed by atoms with van der Waals surface area (Å²) in [7, 11) is 1.64. The maximum Gasteiger partial charge on any atom is 0.262 e. The normalized spacial score (nSPS) is 21.9. The molecule has 1 aliphatic carbocycles. The lowest BCUT2D eigenvalue weighted by molar-refractivity contribution is 0.113. The van der Waals surface area contributed by atoms with Gasteiger partial charge in [0.25, 0.3) is 5.88 Å². The average molecular weight is 293 g/mol. The summed E-state index contributed by atoms with van der Waals surface area (Å²) < 4.78 is 11.6. The van der Waals surface area contributed by atoms with Gasteiger partial charge in [-0.15, -0.1) is 0 Å². The van der Waals surface area contributed by atoms with Gasteiger partial charge >= 0.3 is 0 Å². The highest BCUT2D eigenvalue weighted by Crippen LogP contribution is 2.35. The van der Waals surface area contributed by atoms with Gasteiger partial charge in [-0.05, 0) is 31.6 Å². The van der Waals surface area contributed by atoms with Crippen molar-refractivity contribution in [1.29, 1.82) is 0 Å². The summed E-state index contributed by atoms with van der Waals surface area (Å²) in [5.74, 6) is 2.67. The molecule has 0 aliphatic heterocycles. The third-order valence-corrected chi connectivity index (χ3v) is 4.11. The van der Waals surface area contributed by atoms with Gasteiger partial charge < -0.3 is 14.8 Å². The van der Waals surface area contributed by atoms with Crippen molar-refractivity contribution in [1.82, 2.24) is 9.97 Å². The number of rotatable bonds is 7. The van der Waals surface area contributed by atoms with E-state index in [1.165, 1.54) is 25.6 Å². The third-order valence-electron chi connectivity index (χ3n) is 4.11. The number of hydrogen-bond acceptors (Lipinski definition) is 5. The van der Waals surface area contributed by atoms with Crippen molar-refractivity contribution in [2.24, 2.45) is 5.92 Å². The fourth-order valence-corrected chi connectivity index (χ4v) is 2.87. The first kappa shape index (κ1) is 15.9. The standard InChI is InChI=1S/C16H27N3O2/c1-4-9-17-15-14(20-3)16(19-11-18-15)21-13-8-6-7-12(5-2)10-13/h11-13H,4-10H2,1-3H3,(H,17,18,19). The molecule has 2 unspecified atom stereocenters. The second-order valence-electron chi connectivity index (χ2n) is 5.67. The second kappa shape index (κ2) is 8.05. The van der Waals surface area contributed by atoms with Crippen LogP contribution in [-0.2, 0) is 0 Å². The zero-order valence-electron chi connectivity index (χ0n) is 13.4. The molecule has 0 aromatic carbocycles. The van der Waals surface area contributed by atoms with Gasteiger partial charge in [0.1, 0.15) is 12.4 Å². The van der Waals surface area contributed by atoms with Crippen molar-refractivity contribution in [3.8, 4) is 11.6 Å². The van der Waals surface area contributed by atoms with E-state index in [0.717, 1.165) is 31.7 Å². The molecule has 0 saturated heterocycles. The van der Waals surface area contributed by atoms with Crippen molar-refractivity contribution in [2.75, 3.05) is 19.0 Å². The molecule has 2 rings (SSSR count). The quantitative estimate of drug-likeness (QED) is 0.831. The van der Waals surface area contributed by atoms with Gasteiger partial charge in [0.05, 0.1) is 7.11 Å². The average Bonchev–Trinajstić information content (AvgIpc) is 2.53. The Morgan fingerprint density at radius 1 is 1.29 bits per heavy atom. The number of ether oxygens (including phenoxy) is 2. The van der Waals surface area contributed by atoms with E-state index in [-0.39, 0.29) is 6.10 Å². The number of aromatic nitrogens is 2. The van der Waals surface area contributed by atoms with Crippen LogP contribution in [0.1, 0.15) is 52.4 Å². The molecule has 0 bridgehead atoms. The number of nitrogens with zero attached hydrogens (tertiary/aromatic N) is 2. The van der Waals surface area contributed by atoms with E-state index in [9.17, 15) is 0 Å². The van der Waals surface area contributed by atoms with Crippen LogP contribution >= 0.6 is 0 Å². The third kappa shape index (κ3) is 4.22. The van der Waals surface area contributed by atoms with E-state index in [4.69, 9.17) is 9.47 Å². The first-order valence-corrected chi connectivity index (χ1v) is 8.07. The second-order valence-corrected chi connectivity index (χ2v) is 5.67. The molecule has 1 aromatic heterocycles. The maximum atomic E-state index is 6.11. The summed E-state index contributed by atoms with van der Waals surface area (Å²) >= 11 is 0. The van der Waals surface area contributed by atoms with Gasteiger partial charge in [-0.3, -0.25) is 0 Å². The molecule has 1 heterocycles. The molecule has 1 aromatic rings. The van der Waals surface area contributed by atoms with E-state index in [1.54, 1.807) is 7.11 Å². The number of nitrogens with one attached hydrogen (secondary N) is 1. The molecule has 2 atom stereocenters. The Bertz CT molecular complexity index is 440. The van der Waals surface area contributed by atoms with E-state index in [2.05, 4.69) is 29.1 Å². The van der Waals surface area contributed by atoms with Crippen molar-refractivity contribution >= 4 is 5.82 Å².